The van der Waals surface area contributed by atoms with Crippen molar-refractivity contribution in [3.8, 4) is 0 Å². The van der Waals surface area contributed by atoms with Gasteiger partial charge in [0.05, 0.1) is 5.92 Å². The number of ketones is 1. The van der Waals surface area contributed by atoms with Crippen molar-refractivity contribution in [1.29, 1.82) is 0 Å². The number of amides is 1. The molecule has 1 aromatic carbocycles. The molecule has 0 spiro atoms. The van der Waals surface area contributed by atoms with Crippen molar-refractivity contribution in [2.24, 2.45) is 22.7 Å². The molecule has 1 amide bonds. The smallest absolute Gasteiger partial charge is 0.241 e. The van der Waals surface area contributed by atoms with Crippen molar-refractivity contribution in [2.45, 2.75) is 19.0 Å². The summed E-state index contributed by atoms with van der Waals surface area (Å²) in [4.78, 5) is 36.0. The lowest BCUT2D eigenvalue weighted by molar-refractivity contribution is -0.140. The third-order valence-electron chi connectivity index (χ3n) is 5.06. The van der Waals surface area contributed by atoms with E-state index in [2.05, 4.69) is 15.8 Å². The van der Waals surface area contributed by atoms with Gasteiger partial charge in [0.25, 0.3) is 0 Å². The lowest BCUT2D eigenvalue weighted by Crippen LogP contribution is -2.54. The van der Waals surface area contributed by atoms with Crippen molar-refractivity contribution >= 4 is 17.4 Å². The van der Waals surface area contributed by atoms with Crippen LogP contribution in [0.3, 0.4) is 0 Å². The Labute approximate surface area is 180 Å². The van der Waals surface area contributed by atoms with Gasteiger partial charge in [0.2, 0.25) is 5.91 Å². The molecule has 1 aromatic rings. The third kappa shape index (κ3) is 5.74. The molecule has 1 unspecified atom stereocenters. The van der Waals surface area contributed by atoms with Crippen molar-refractivity contribution in [2.75, 3.05) is 18.4 Å². The van der Waals surface area contributed by atoms with Crippen LogP contribution in [0.15, 0.2) is 82.9 Å². The fourth-order valence-corrected chi connectivity index (χ4v) is 3.38. The van der Waals surface area contributed by atoms with Gasteiger partial charge in [0.15, 0.2) is 5.78 Å². The Morgan fingerprint density at radius 2 is 2.10 bits per heavy atom. The van der Waals surface area contributed by atoms with Gasteiger partial charge in [-0.05, 0) is 42.5 Å². The van der Waals surface area contributed by atoms with Crippen LogP contribution in [0.4, 0.5) is 5.69 Å². The third-order valence-corrected chi connectivity index (χ3v) is 5.06. The molecule has 162 valence electrons. The molecule has 2 atom stereocenters. The van der Waals surface area contributed by atoms with Gasteiger partial charge in [-0.3, -0.25) is 14.6 Å². The van der Waals surface area contributed by atoms with Gasteiger partial charge in [0, 0.05) is 29.9 Å². The van der Waals surface area contributed by atoms with Crippen molar-refractivity contribution in [1.82, 2.24) is 10.3 Å². The number of rotatable bonds is 8. The van der Waals surface area contributed by atoms with Crippen LogP contribution in [0.2, 0.25) is 0 Å². The maximum atomic E-state index is 13.0. The summed E-state index contributed by atoms with van der Waals surface area (Å²) >= 11 is 0. The molecule has 1 aliphatic heterocycles. The van der Waals surface area contributed by atoms with E-state index >= 15 is 0 Å². The van der Waals surface area contributed by atoms with E-state index in [0.717, 1.165) is 16.3 Å². The van der Waals surface area contributed by atoms with Crippen LogP contribution in [-0.2, 0) is 9.59 Å². The van der Waals surface area contributed by atoms with E-state index in [4.69, 9.17) is 11.6 Å². The molecule has 0 aromatic heterocycles. The summed E-state index contributed by atoms with van der Waals surface area (Å²) in [5.74, 6) is 4.44. The van der Waals surface area contributed by atoms with E-state index in [9.17, 15) is 14.5 Å². The molecule has 0 fully saturated rings. The number of carbonyl (C=O) groups is 2. The number of allylic oxidation sites excluding steroid dienone is 5. The molecule has 1 aliphatic carbocycles. The zero-order chi connectivity index (χ0) is 22.2. The minimum atomic E-state index is -1.01. The molecule has 31 heavy (non-hydrogen) atoms. The largest absolute Gasteiger partial charge is 0.387 e. The van der Waals surface area contributed by atoms with E-state index < -0.39 is 18.0 Å². The Hall–Kier alpha value is -3.56. The standard InChI is InChI=1S/C22H26N6O3/c23-21(14-26-31)28(24)22(30)16-6-7-18(20(29)13-16)19(12-15-8-10-25-11-9-15)27-17-4-2-1-3-5-17/h1-5,7-10,12,16,21,25,27H,6,11,13-14,23-24H2/b19-12-/t16?,21-/m0/s1. The van der Waals surface area contributed by atoms with Gasteiger partial charge >= 0.3 is 0 Å². The van der Waals surface area contributed by atoms with Crippen molar-refractivity contribution < 1.29 is 9.59 Å². The zero-order valence-corrected chi connectivity index (χ0v) is 17.0. The lowest BCUT2D eigenvalue weighted by atomic mass is 9.86. The number of nitroso groups, excluding NO2 is 1. The second kappa shape index (κ2) is 10.5. The van der Waals surface area contributed by atoms with Crippen molar-refractivity contribution in [3.05, 3.63) is 82.6 Å². The number of benzene rings is 1. The van der Waals surface area contributed by atoms with Gasteiger partial charge in [-0.2, -0.15) is 4.91 Å². The number of carbonyl (C=O) groups excluding carboxylic acids is 2. The predicted molar refractivity (Wildman–Crippen MR) is 119 cm³/mol. The highest BCUT2D eigenvalue weighted by Crippen LogP contribution is 2.28. The van der Waals surface area contributed by atoms with E-state index in [1.165, 1.54) is 0 Å². The highest BCUT2D eigenvalue weighted by Gasteiger charge is 2.32. The molecule has 0 radical (unpaired) electrons. The number of para-hydroxylation sites is 1. The first-order valence-corrected chi connectivity index (χ1v) is 9.99. The van der Waals surface area contributed by atoms with E-state index in [1.807, 2.05) is 54.8 Å². The number of Topliss-reactive ketones (excluding diaryl/α,β-unsaturated/α-hetero) is 1. The Bertz CT molecular complexity index is 951. The van der Waals surface area contributed by atoms with E-state index in [1.54, 1.807) is 6.08 Å². The Morgan fingerprint density at radius 1 is 1.32 bits per heavy atom. The van der Waals surface area contributed by atoms with Crippen molar-refractivity contribution in [3.63, 3.8) is 0 Å². The summed E-state index contributed by atoms with van der Waals surface area (Å²) in [6.45, 7) is 0.391. The SMILES string of the molecule is N[C@H](CN=O)N(N)C(=O)C1CC=C(/C(=C/C2=CCNC=C2)Nc2ccccc2)C(=O)C1. The maximum absolute atomic E-state index is 13.0. The van der Waals surface area contributed by atoms with E-state index in [-0.39, 0.29) is 18.7 Å². The highest BCUT2D eigenvalue weighted by atomic mass is 16.3. The van der Waals surface area contributed by atoms with Crippen LogP contribution >= 0.6 is 0 Å². The minimum Gasteiger partial charge on any atom is -0.387 e. The summed E-state index contributed by atoms with van der Waals surface area (Å²) in [5, 5.41) is 9.88. The molecule has 1 heterocycles. The quantitative estimate of drug-likeness (QED) is 0.164. The monoisotopic (exact) mass is 422 g/mol. The Kier molecular flexibility index (Phi) is 7.47. The molecule has 0 saturated carbocycles. The molecule has 9 heteroatoms. The van der Waals surface area contributed by atoms with E-state index in [0.29, 0.717) is 24.2 Å². The second-order valence-corrected chi connectivity index (χ2v) is 7.30. The molecule has 6 N–H and O–H groups in total. The first kappa shape index (κ1) is 22.1. The summed E-state index contributed by atoms with van der Waals surface area (Å²) in [6.07, 6.45) is 8.77. The first-order valence-electron chi connectivity index (χ1n) is 9.99. The average Bonchev–Trinajstić information content (AvgIpc) is 2.79. The van der Waals surface area contributed by atoms with Crippen LogP contribution < -0.4 is 22.2 Å². The number of hydrogen-bond acceptors (Lipinski definition) is 8. The van der Waals surface area contributed by atoms with Crippen LogP contribution in [0.1, 0.15) is 12.8 Å². The molecular formula is C22H26N6O3. The molecule has 0 saturated heterocycles. The lowest BCUT2D eigenvalue weighted by Gasteiger charge is -2.28. The van der Waals surface area contributed by atoms with Crippen LogP contribution in [-0.4, -0.2) is 36.0 Å². The van der Waals surface area contributed by atoms with Gasteiger partial charge in [-0.25, -0.2) is 5.84 Å². The number of anilines is 1. The van der Waals surface area contributed by atoms with Gasteiger partial charge < -0.3 is 16.4 Å². The number of nitrogens with one attached hydrogen (secondary N) is 2. The molecule has 2 aliphatic rings. The average molecular weight is 422 g/mol. The summed E-state index contributed by atoms with van der Waals surface area (Å²) in [5.41, 5.74) is 8.67. The number of hydrazine groups is 1. The highest BCUT2D eigenvalue weighted by molar-refractivity contribution is 6.03. The number of nitrogens with two attached hydrogens (primary N) is 2. The summed E-state index contributed by atoms with van der Waals surface area (Å²) in [6, 6.07) is 9.55. The summed E-state index contributed by atoms with van der Waals surface area (Å²) < 4.78 is 0. The predicted octanol–water partition coefficient (Wildman–Crippen LogP) is 1.68. The van der Waals surface area contributed by atoms with Crippen LogP contribution in [0.5, 0.6) is 0 Å². The minimum absolute atomic E-state index is 0.00383. The van der Waals surface area contributed by atoms with Crippen LogP contribution in [0.25, 0.3) is 0 Å². The first-order chi connectivity index (χ1) is 15.0. The topological polar surface area (TPSA) is 143 Å². The number of dihydropyridines is 1. The fraction of sp³-hybridized carbons (Fsp3) is 0.273. The summed E-state index contributed by atoms with van der Waals surface area (Å²) in [7, 11) is 0. The second-order valence-electron chi connectivity index (χ2n) is 7.30. The zero-order valence-electron chi connectivity index (χ0n) is 17.0. The molecule has 3 rings (SSSR count). The number of nitrogens with zero attached hydrogens (tertiary/aromatic N) is 2. The molecular weight excluding hydrogens is 396 g/mol. The fourth-order valence-electron chi connectivity index (χ4n) is 3.38. The Balaban J connectivity index is 1.82. The number of hydrogen-bond donors (Lipinski definition) is 4. The molecule has 0 bridgehead atoms. The Morgan fingerprint density at radius 3 is 2.74 bits per heavy atom. The van der Waals surface area contributed by atoms with Gasteiger partial charge in [-0.15, -0.1) is 0 Å². The van der Waals surface area contributed by atoms with Crippen LogP contribution in [0, 0.1) is 10.8 Å². The molecule has 9 nitrogen and oxygen atoms in total. The van der Waals surface area contributed by atoms with Gasteiger partial charge in [0.1, 0.15) is 12.7 Å². The normalized spacial score (nSPS) is 19.6. The maximum Gasteiger partial charge on any atom is 0.241 e. The van der Waals surface area contributed by atoms with Gasteiger partial charge in [-0.1, -0.05) is 35.5 Å².